The first-order valence-corrected chi connectivity index (χ1v) is 18.2. The number of rotatable bonds is 8. The maximum absolute atomic E-state index is 13.6. The van der Waals surface area contributed by atoms with Gasteiger partial charge in [0.2, 0.25) is 11.8 Å². The molecule has 2 aliphatic rings. The summed E-state index contributed by atoms with van der Waals surface area (Å²) in [7, 11) is 3.09. The van der Waals surface area contributed by atoms with Gasteiger partial charge >= 0.3 is 0 Å². The van der Waals surface area contributed by atoms with Crippen LogP contribution in [0.1, 0.15) is 53.8 Å². The molecule has 0 radical (unpaired) electrons. The maximum atomic E-state index is 13.6. The Kier molecular flexibility index (Phi) is 13.6. The van der Waals surface area contributed by atoms with Crippen molar-refractivity contribution in [2.45, 2.75) is 51.4 Å². The molecule has 55 heavy (non-hydrogen) atoms. The van der Waals surface area contributed by atoms with E-state index in [0.717, 1.165) is 31.7 Å². The number of piperidine rings is 2. The van der Waals surface area contributed by atoms with Crippen molar-refractivity contribution < 1.29 is 27.2 Å². The van der Waals surface area contributed by atoms with Crippen LogP contribution in [0.5, 0.6) is 0 Å². The highest BCUT2D eigenvalue weighted by molar-refractivity contribution is 6.30. The molecule has 0 aliphatic carbocycles. The quantitative estimate of drug-likeness (QED) is 0.187. The summed E-state index contributed by atoms with van der Waals surface area (Å²) in [5.74, 6) is -3.64. The molecule has 6 rings (SSSR count). The van der Waals surface area contributed by atoms with Crippen LogP contribution in [0.4, 0.5) is 17.6 Å². The number of carbonyl (C=O) groups is 2. The Morgan fingerprint density at radius 2 is 1.13 bits per heavy atom. The topological polar surface area (TPSA) is 134 Å². The van der Waals surface area contributed by atoms with Crippen molar-refractivity contribution in [1.82, 2.24) is 29.4 Å². The van der Waals surface area contributed by atoms with Crippen molar-refractivity contribution in [2.24, 2.45) is 25.9 Å². The van der Waals surface area contributed by atoms with Gasteiger partial charge in [0.25, 0.3) is 11.1 Å². The highest BCUT2D eigenvalue weighted by atomic mass is 35.5. The molecule has 0 unspecified atom stereocenters. The Morgan fingerprint density at radius 1 is 0.709 bits per heavy atom. The van der Waals surface area contributed by atoms with Gasteiger partial charge in [-0.15, -0.1) is 0 Å². The zero-order valence-corrected chi connectivity index (χ0v) is 31.2. The summed E-state index contributed by atoms with van der Waals surface area (Å²) in [6.45, 7) is 2.35. The van der Waals surface area contributed by atoms with Crippen molar-refractivity contribution in [3.63, 3.8) is 0 Å². The summed E-state index contributed by atoms with van der Waals surface area (Å²) >= 11 is 5.70. The summed E-state index contributed by atoms with van der Waals surface area (Å²) in [6, 6.07) is 12.8. The zero-order valence-electron chi connectivity index (χ0n) is 30.4. The van der Waals surface area contributed by atoms with Gasteiger partial charge in [-0.05, 0) is 97.9 Å². The van der Waals surface area contributed by atoms with E-state index >= 15 is 0 Å². The summed E-state index contributed by atoms with van der Waals surface area (Å²) in [4.78, 5) is 51.2. The third-order valence-electron chi connectivity index (χ3n) is 9.93. The van der Waals surface area contributed by atoms with Crippen LogP contribution >= 0.6 is 11.6 Å². The van der Waals surface area contributed by atoms with Crippen LogP contribution in [0.3, 0.4) is 0 Å². The molecule has 0 bridgehead atoms. The summed E-state index contributed by atoms with van der Waals surface area (Å²) < 4.78 is 56.2. The van der Waals surface area contributed by atoms with E-state index in [2.05, 4.69) is 10.2 Å². The molecule has 290 valence electrons. The van der Waals surface area contributed by atoms with E-state index in [4.69, 9.17) is 16.9 Å². The molecule has 0 atom stereocenters. The van der Waals surface area contributed by atoms with Gasteiger partial charge in [-0.1, -0.05) is 11.6 Å². The highest BCUT2D eigenvalue weighted by Gasteiger charge is 2.26. The lowest BCUT2D eigenvalue weighted by molar-refractivity contribution is -0.132. The first kappa shape index (κ1) is 40.8. The van der Waals surface area contributed by atoms with Crippen LogP contribution in [0.2, 0.25) is 5.02 Å². The predicted octanol–water partition coefficient (Wildman–Crippen LogP) is 4.69. The number of aromatic nitrogens is 4. The van der Waals surface area contributed by atoms with Crippen molar-refractivity contribution in [3.8, 4) is 6.07 Å². The largest absolute Gasteiger partial charge is 0.342 e. The molecule has 0 spiro atoms. The molecular weight excluding hydrogens is 742 g/mol. The van der Waals surface area contributed by atoms with Gasteiger partial charge in [0.05, 0.1) is 34.8 Å². The molecular formula is C39H40ClF4N7O4. The van der Waals surface area contributed by atoms with Crippen LogP contribution < -0.4 is 11.1 Å². The monoisotopic (exact) mass is 781 g/mol. The fourth-order valence-corrected chi connectivity index (χ4v) is 7.06. The maximum Gasteiger partial charge on any atom is 0.266 e. The smallest absolute Gasteiger partial charge is 0.266 e. The second-order valence-electron chi connectivity index (χ2n) is 13.9. The lowest BCUT2D eigenvalue weighted by Gasteiger charge is -2.32. The van der Waals surface area contributed by atoms with Crippen molar-refractivity contribution in [2.75, 3.05) is 26.2 Å². The van der Waals surface area contributed by atoms with Crippen LogP contribution in [-0.2, 0) is 49.4 Å². The number of amides is 2. The van der Waals surface area contributed by atoms with Gasteiger partial charge in [0, 0.05) is 52.4 Å². The van der Waals surface area contributed by atoms with Gasteiger partial charge in [-0.3, -0.25) is 19.2 Å². The fourth-order valence-electron chi connectivity index (χ4n) is 6.83. The van der Waals surface area contributed by atoms with Crippen LogP contribution in [0.25, 0.3) is 0 Å². The van der Waals surface area contributed by atoms with Gasteiger partial charge in [-0.2, -0.15) is 15.5 Å². The van der Waals surface area contributed by atoms with E-state index < -0.39 is 23.3 Å². The van der Waals surface area contributed by atoms with E-state index in [9.17, 15) is 36.7 Å². The molecule has 2 fully saturated rings. The van der Waals surface area contributed by atoms with E-state index in [-0.39, 0.29) is 58.2 Å². The second kappa shape index (κ2) is 18.3. The molecule has 2 aliphatic heterocycles. The number of hydrogen-bond donors (Lipinski definition) is 0. The first-order chi connectivity index (χ1) is 26.2. The highest BCUT2D eigenvalue weighted by Crippen LogP contribution is 2.27. The third-order valence-corrected chi connectivity index (χ3v) is 10.2. The standard InChI is InChI=1S/C20H20F2N4O2.C19H20ClF2N3O2/c1-25-18(27)3-2-16(24-25)11-19(28)26-6-4-13(5-7-26)8-14-9-15(12-23)20(22)17(21)10-14;1-24-17(26)3-2-14(23-24)11-18(27)25-6-4-12(5-7-25)8-13-9-15(20)19(22)16(21)10-13/h2-3,9-10,13H,4-8,11H2,1H3;2-3,9-10,12H,4-8,11H2,1H3. The number of halogens is 5. The minimum absolute atomic E-state index is 0.0320. The number of carbonyl (C=O) groups excluding carboxylic acids is 2. The number of hydrogen-bond acceptors (Lipinski definition) is 7. The first-order valence-electron chi connectivity index (χ1n) is 17.8. The molecule has 16 heteroatoms. The Labute approximate surface area is 319 Å². The number of benzene rings is 2. The fraction of sp³-hybridized carbons (Fsp3) is 0.410. The molecule has 2 aromatic carbocycles. The molecule has 0 saturated carbocycles. The molecule has 2 saturated heterocycles. The van der Waals surface area contributed by atoms with Gasteiger partial charge in [0.1, 0.15) is 6.07 Å². The summed E-state index contributed by atoms with van der Waals surface area (Å²) in [6.07, 6.45) is 4.47. The number of aryl methyl sites for hydroxylation is 2. The lowest BCUT2D eigenvalue weighted by atomic mass is 9.89. The molecule has 0 N–H and O–H groups in total. The van der Waals surface area contributed by atoms with Gasteiger partial charge in [0.15, 0.2) is 23.3 Å². The van der Waals surface area contributed by atoms with Crippen molar-refractivity contribution >= 4 is 23.4 Å². The summed E-state index contributed by atoms with van der Waals surface area (Å²) in [5, 5.41) is 16.8. The van der Waals surface area contributed by atoms with Crippen LogP contribution in [0.15, 0.2) is 58.1 Å². The molecule has 2 amide bonds. The minimum atomic E-state index is -1.11. The SMILES string of the molecule is Cn1nc(CC(=O)N2CCC(Cc3cc(F)c(F)c(C#N)c3)CC2)ccc1=O.Cn1nc(CC(=O)N2CCC(Cc3cc(F)c(F)c(Cl)c3)CC2)ccc1=O. The molecule has 4 heterocycles. The normalized spacial score (nSPS) is 14.9. The van der Waals surface area contributed by atoms with E-state index in [1.165, 1.54) is 46.7 Å². The van der Waals surface area contributed by atoms with E-state index in [1.54, 1.807) is 35.0 Å². The molecule has 4 aromatic rings. The van der Waals surface area contributed by atoms with E-state index in [0.29, 0.717) is 61.5 Å². The number of likely N-dealkylation sites (tertiary alicyclic amines) is 2. The van der Waals surface area contributed by atoms with E-state index in [1.807, 2.05) is 0 Å². The molecule has 11 nitrogen and oxygen atoms in total. The Hall–Kier alpha value is -5.36. The van der Waals surface area contributed by atoms with Crippen LogP contribution in [0, 0.1) is 46.4 Å². The Bertz CT molecular complexity index is 2180. The Balaban J connectivity index is 0.000000211. The third kappa shape index (κ3) is 10.9. The predicted molar refractivity (Wildman–Crippen MR) is 195 cm³/mol. The van der Waals surface area contributed by atoms with Gasteiger partial charge < -0.3 is 9.80 Å². The minimum Gasteiger partial charge on any atom is -0.342 e. The van der Waals surface area contributed by atoms with Crippen LogP contribution in [-0.4, -0.2) is 67.4 Å². The van der Waals surface area contributed by atoms with Crippen molar-refractivity contribution in [1.29, 1.82) is 5.26 Å². The average molecular weight is 782 g/mol. The lowest BCUT2D eigenvalue weighted by Crippen LogP contribution is -2.40. The average Bonchev–Trinajstić information content (AvgIpc) is 3.16. The molecule has 2 aromatic heterocycles. The Morgan fingerprint density at radius 3 is 1.53 bits per heavy atom. The zero-order chi connectivity index (χ0) is 39.8. The number of nitrogens with zero attached hydrogens (tertiary/aromatic N) is 7. The van der Waals surface area contributed by atoms with Crippen molar-refractivity contribution in [3.05, 3.63) is 126 Å². The summed E-state index contributed by atoms with van der Waals surface area (Å²) in [5.41, 5.74) is 1.62. The second-order valence-corrected chi connectivity index (χ2v) is 14.3. The van der Waals surface area contributed by atoms with Gasteiger partial charge in [-0.25, -0.2) is 26.9 Å². The number of nitriles is 1.